The highest BCUT2D eigenvalue weighted by atomic mass is 16.2. The zero-order valence-electron chi connectivity index (χ0n) is 5.81. The highest BCUT2D eigenvalue weighted by Gasteiger charge is 2.43. The molecular weight excluding hydrogens is 128 g/mol. The minimum absolute atomic E-state index is 0.111. The number of hydrogen-bond acceptors (Lipinski definition) is 2. The van der Waals surface area contributed by atoms with Crippen molar-refractivity contribution in [2.45, 2.75) is 19.8 Å². The molecule has 10 heavy (non-hydrogen) atoms. The second kappa shape index (κ2) is 1.95. The van der Waals surface area contributed by atoms with Gasteiger partial charge >= 0.3 is 0 Å². The Morgan fingerprint density at radius 3 is 2.00 bits per heavy atom. The third-order valence-electron chi connectivity index (χ3n) is 1.98. The summed E-state index contributed by atoms with van der Waals surface area (Å²) in [4.78, 5) is 21.9. The van der Waals surface area contributed by atoms with Crippen molar-refractivity contribution in [3.8, 4) is 12.3 Å². The Morgan fingerprint density at radius 2 is 1.80 bits per heavy atom. The third kappa shape index (κ3) is 0.672. The van der Waals surface area contributed by atoms with Crippen LogP contribution in [-0.4, -0.2) is 11.6 Å². The van der Waals surface area contributed by atoms with E-state index in [-0.39, 0.29) is 11.6 Å². The molecule has 1 aliphatic rings. The quantitative estimate of drug-likeness (QED) is 0.360. The minimum Gasteiger partial charge on any atom is -0.297 e. The summed E-state index contributed by atoms with van der Waals surface area (Å²) in [5.74, 6) is 2.02. The van der Waals surface area contributed by atoms with Gasteiger partial charge in [-0.1, -0.05) is 5.92 Å². The molecule has 2 nitrogen and oxygen atoms in total. The second-order valence-electron chi connectivity index (χ2n) is 2.62. The van der Waals surface area contributed by atoms with Gasteiger partial charge in [0.15, 0.2) is 11.6 Å². The molecule has 52 valence electrons. The van der Waals surface area contributed by atoms with Crippen molar-refractivity contribution in [3.05, 3.63) is 0 Å². The van der Waals surface area contributed by atoms with Gasteiger partial charge in [-0.15, -0.1) is 6.42 Å². The van der Waals surface area contributed by atoms with Crippen LogP contribution in [0.25, 0.3) is 0 Å². The lowest BCUT2D eigenvalue weighted by Gasteiger charge is -2.09. The fourth-order valence-electron chi connectivity index (χ4n) is 1.04. The molecule has 0 bridgehead atoms. The fourth-order valence-corrected chi connectivity index (χ4v) is 1.04. The van der Waals surface area contributed by atoms with Gasteiger partial charge in [0.25, 0.3) is 0 Å². The molecule has 0 N–H and O–H groups in total. The lowest BCUT2D eigenvalue weighted by Crippen LogP contribution is -2.26. The van der Waals surface area contributed by atoms with Crippen LogP contribution in [0.3, 0.4) is 0 Å². The van der Waals surface area contributed by atoms with Crippen molar-refractivity contribution >= 4 is 11.6 Å². The number of carbonyl (C=O) groups is 2. The first-order chi connectivity index (χ1) is 4.61. The SMILES string of the molecule is C#CC1(C)C(=O)CCC1=O. The third-order valence-corrected chi connectivity index (χ3v) is 1.98. The average Bonchev–Trinajstić information content (AvgIpc) is 2.18. The smallest absolute Gasteiger partial charge is 0.158 e. The van der Waals surface area contributed by atoms with Crippen LogP contribution in [-0.2, 0) is 9.59 Å². The highest BCUT2D eigenvalue weighted by molar-refractivity contribution is 6.15. The molecule has 0 radical (unpaired) electrons. The van der Waals surface area contributed by atoms with Crippen molar-refractivity contribution in [1.82, 2.24) is 0 Å². The van der Waals surface area contributed by atoms with Crippen molar-refractivity contribution in [1.29, 1.82) is 0 Å². The fraction of sp³-hybridized carbons (Fsp3) is 0.500. The predicted molar refractivity (Wildman–Crippen MR) is 36.2 cm³/mol. The molecule has 0 aliphatic heterocycles. The molecule has 0 atom stereocenters. The van der Waals surface area contributed by atoms with Crippen LogP contribution in [0, 0.1) is 17.8 Å². The number of hydrogen-bond donors (Lipinski definition) is 0. The van der Waals surface area contributed by atoms with Gasteiger partial charge < -0.3 is 0 Å². The lowest BCUT2D eigenvalue weighted by atomic mass is 9.88. The molecule has 0 aromatic heterocycles. The number of rotatable bonds is 0. The van der Waals surface area contributed by atoms with Crippen LogP contribution in [0.2, 0.25) is 0 Å². The minimum atomic E-state index is -1.10. The largest absolute Gasteiger partial charge is 0.297 e. The lowest BCUT2D eigenvalue weighted by molar-refractivity contribution is -0.130. The molecule has 1 rings (SSSR count). The van der Waals surface area contributed by atoms with E-state index in [2.05, 4.69) is 5.92 Å². The Labute approximate surface area is 59.6 Å². The summed E-state index contributed by atoms with van der Waals surface area (Å²) >= 11 is 0. The van der Waals surface area contributed by atoms with Crippen molar-refractivity contribution < 1.29 is 9.59 Å². The summed E-state index contributed by atoms with van der Waals surface area (Å²) in [6.45, 7) is 1.52. The molecule has 0 aromatic rings. The Kier molecular flexibility index (Phi) is 1.37. The van der Waals surface area contributed by atoms with Crippen LogP contribution >= 0.6 is 0 Å². The number of terminal acetylenes is 1. The summed E-state index contributed by atoms with van der Waals surface area (Å²) in [6.07, 6.45) is 5.70. The maximum Gasteiger partial charge on any atom is 0.158 e. The molecule has 2 heteroatoms. The van der Waals surface area contributed by atoms with Crippen LogP contribution in [0.5, 0.6) is 0 Å². The van der Waals surface area contributed by atoms with Gasteiger partial charge in [-0.3, -0.25) is 9.59 Å². The maximum atomic E-state index is 11.0. The predicted octanol–water partition coefficient (Wildman–Crippen LogP) is 0.558. The normalized spacial score (nSPS) is 22.8. The van der Waals surface area contributed by atoms with Crippen molar-refractivity contribution in [3.63, 3.8) is 0 Å². The van der Waals surface area contributed by atoms with Gasteiger partial charge in [0.2, 0.25) is 0 Å². The van der Waals surface area contributed by atoms with E-state index in [0.29, 0.717) is 12.8 Å². The van der Waals surface area contributed by atoms with Gasteiger partial charge in [0.05, 0.1) is 0 Å². The molecular formula is C8H8O2. The van der Waals surface area contributed by atoms with E-state index in [4.69, 9.17) is 6.42 Å². The number of Topliss-reactive ketones (excluding diaryl/α,β-unsaturated/α-hetero) is 2. The van der Waals surface area contributed by atoms with E-state index in [1.54, 1.807) is 0 Å². The summed E-state index contributed by atoms with van der Waals surface area (Å²) < 4.78 is 0. The van der Waals surface area contributed by atoms with Crippen LogP contribution in [0.1, 0.15) is 19.8 Å². The maximum absolute atomic E-state index is 11.0. The molecule has 0 spiro atoms. The van der Waals surface area contributed by atoms with E-state index < -0.39 is 5.41 Å². The van der Waals surface area contributed by atoms with Gasteiger partial charge in [-0.05, 0) is 6.92 Å². The topological polar surface area (TPSA) is 34.1 Å². The standard InChI is InChI=1S/C8H8O2/c1-3-8(2)6(9)4-5-7(8)10/h1H,4-5H2,2H3. The zero-order valence-corrected chi connectivity index (χ0v) is 5.81. The Morgan fingerprint density at radius 1 is 1.40 bits per heavy atom. The Bertz CT molecular complexity index is 216. The molecule has 0 saturated heterocycles. The molecule has 0 amide bonds. The van der Waals surface area contributed by atoms with Gasteiger partial charge in [-0.25, -0.2) is 0 Å². The Balaban J connectivity index is 3.05. The first-order valence-electron chi connectivity index (χ1n) is 3.15. The van der Waals surface area contributed by atoms with E-state index >= 15 is 0 Å². The molecule has 0 aromatic carbocycles. The number of ketones is 2. The van der Waals surface area contributed by atoms with Crippen LogP contribution in [0.15, 0.2) is 0 Å². The van der Waals surface area contributed by atoms with Crippen LogP contribution in [0.4, 0.5) is 0 Å². The van der Waals surface area contributed by atoms with Gasteiger partial charge in [-0.2, -0.15) is 0 Å². The first-order valence-corrected chi connectivity index (χ1v) is 3.15. The van der Waals surface area contributed by atoms with Crippen molar-refractivity contribution in [2.24, 2.45) is 5.41 Å². The van der Waals surface area contributed by atoms with Crippen LogP contribution < -0.4 is 0 Å². The molecule has 1 fully saturated rings. The van der Waals surface area contributed by atoms with E-state index in [9.17, 15) is 9.59 Å². The second-order valence-corrected chi connectivity index (χ2v) is 2.62. The monoisotopic (exact) mass is 136 g/mol. The van der Waals surface area contributed by atoms with E-state index in [1.807, 2.05) is 0 Å². The molecule has 1 saturated carbocycles. The van der Waals surface area contributed by atoms with Crippen molar-refractivity contribution in [2.75, 3.05) is 0 Å². The van der Waals surface area contributed by atoms with E-state index in [0.717, 1.165) is 0 Å². The Hall–Kier alpha value is -1.10. The summed E-state index contributed by atoms with van der Waals surface area (Å²) in [7, 11) is 0. The molecule has 0 unspecified atom stereocenters. The zero-order chi connectivity index (χ0) is 7.78. The highest BCUT2D eigenvalue weighted by Crippen LogP contribution is 2.29. The van der Waals surface area contributed by atoms with Gasteiger partial charge in [0, 0.05) is 12.8 Å². The molecule has 0 heterocycles. The van der Waals surface area contributed by atoms with Gasteiger partial charge in [0.1, 0.15) is 5.41 Å². The number of carbonyl (C=O) groups excluding carboxylic acids is 2. The molecule has 1 aliphatic carbocycles. The average molecular weight is 136 g/mol. The summed E-state index contributed by atoms with van der Waals surface area (Å²) in [5, 5.41) is 0. The summed E-state index contributed by atoms with van der Waals surface area (Å²) in [5.41, 5.74) is -1.10. The summed E-state index contributed by atoms with van der Waals surface area (Å²) in [6, 6.07) is 0. The first kappa shape index (κ1) is 7.01. The van der Waals surface area contributed by atoms with E-state index in [1.165, 1.54) is 6.92 Å².